The molecule has 0 aliphatic carbocycles. The van der Waals surface area contributed by atoms with E-state index in [2.05, 4.69) is 15.3 Å². The first-order chi connectivity index (χ1) is 10.6. The third kappa shape index (κ3) is 2.85. The number of hydrogen-bond donors (Lipinski definition) is 1. The molecule has 0 radical (unpaired) electrons. The van der Waals surface area contributed by atoms with Crippen molar-refractivity contribution < 1.29 is 9.18 Å². The lowest BCUT2D eigenvalue weighted by molar-refractivity contribution is 0.102. The van der Waals surface area contributed by atoms with E-state index in [-0.39, 0.29) is 11.7 Å². The average molecular weight is 296 g/mol. The second kappa shape index (κ2) is 5.77. The molecule has 2 heterocycles. The fourth-order valence-electron chi connectivity index (χ4n) is 1.99. The van der Waals surface area contributed by atoms with Crippen molar-refractivity contribution in [3.8, 4) is 5.69 Å². The van der Waals surface area contributed by atoms with Gasteiger partial charge in [0.05, 0.1) is 12.5 Å². The van der Waals surface area contributed by atoms with E-state index in [1.807, 2.05) is 13.0 Å². The Kier molecular flexibility index (Phi) is 3.65. The van der Waals surface area contributed by atoms with Crippen molar-refractivity contribution in [2.45, 2.75) is 6.92 Å². The number of nitrogens with one attached hydrogen (secondary N) is 1. The lowest BCUT2D eigenvalue weighted by atomic mass is 10.3. The van der Waals surface area contributed by atoms with Crippen LogP contribution in [-0.2, 0) is 0 Å². The highest BCUT2D eigenvalue weighted by atomic mass is 19.1. The normalized spacial score (nSPS) is 10.5. The number of anilines is 1. The van der Waals surface area contributed by atoms with Gasteiger partial charge in [-0.05, 0) is 42.8 Å². The molecule has 1 amide bonds. The van der Waals surface area contributed by atoms with Crippen molar-refractivity contribution in [2.24, 2.45) is 0 Å². The van der Waals surface area contributed by atoms with Crippen LogP contribution >= 0.6 is 0 Å². The fraction of sp³-hybridized carbons (Fsp3) is 0.0625. The van der Waals surface area contributed by atoms with E-state index in [1.165, 1.54) is 24.7 Å². The molecule has 0 atom stereocenters. The number of amides is 1. The van der Waals surface area contributed by atoms with Gasteiger partial charge in [-0.1, -0.05) is 6.07 Å². The Balaban J connectivity index is 1.86. The summed E-state index contributed by atoms with van der Waals surface area (Å²) in [4.78, 5) is 20.5. The van der Waals surface area contributed by atoms with Gasteiger partial charge in [-0.2, -0.15) is 0 Å². The summed E-state index contributed by atoms with van der Waals surface area (Å²) in [7, 11) is 0. The highest BCUT2D eigenvalue weighted by Gasteiger charge is 2.13. The zero-order chi connectivity index (χ0) is 15.5. The summed E-state index contributed by atoms with van der Waals surface area (Å²) in [6.07, 6.45) is 4.63. The Bertz CT molecular complexity index is 794. The maximum atomic E-state index is 13.0. The average Bonchev–Trinajstić information content (AvgIpc) is 3.00. The number of hydrogen-bond acceptors (Lipinski definition) is 3. The molecule has 0 saturated heterocycles. The van der Waals surface area contributed by atoms with Gasteiger partial charge < -0.3 is 5.32 Å². The van der Waals surface area contributed by atoms with Gasteiger partial charge in [0.15, 0.2) is 0 Å². The number of pyridine rings is 1. The van der Waals surface area contributed by atoms with Gasteiger partial charge >= 0.3 is 0 Å². The largest absolute Gasteiger partial charge is 0.305 e. The van der Waals surface area contributed by atoms with Crippen LogP contribution in [0.25, 0.3) is 5.69 Å². The molecule has 1 aromatic carbocycles. The highest BCUT2D eigenvalue weighted by Crippen LogP contribution is 2.14. The first kappa shape index (κ1) is 13.9. The fourth-order valence-corrected chi connectivity index (χ4v) is 1.99. The number of aryl methyl sites for hydroxylation is 1. The Morgan fingerprint density at radius 1 is 1.14 bits per heavy atom. The van der Waals surface area contributed by atoms with Crippen LogP contribution in [0.5, 0.6) is 0 Å². The molecule has 22 heavy (non-hydrogen) atoms. The van der Waals surface area contributed by atoms with Crippen LogP contribution in [-0.4, -0.2) is 20.4 Å². The molecule has 3 aromatic rings. The molecular formula is C16H13FN4O. The zero-order valence-electron chi connectivity index (χ0n) is 11.8. The molecular weight excluding hydrogens is 283 g/mol. The van der Waals surface area contributed by atoms with Crippen LogP contribution in [0.2, 0.25) is 0 Å². The van der Waals surface area contributed by atoms with Crippen molar-refractivity contribution in [1.29, 1.82) is 0 Å². The van der Waals surface area contributed by atoms with Gasteiger partial charge in [-0.3, -0.25) is 9.36 Å². The quantitative estimate of drug-likeness (QED) is 0.808. The molecule has 0 aliphatic heterocycles. The van der Waals surface area contributed by atoms with E-state index in [1.54, 1.807) is 29.0 Å². The number of aromatic nitrogens is 3. The van der Waals surface area contributed by atoms with Gasteiger partial charge in [0.2, 0.25) is 0 Å². The monoisotopic (exact) mass is 296 g/mol. The van der Waals surface area contributed by atoms with E-state index in [4.69, 9.17) is 0 Å². The van der Waals surface area contributed by atoms with E-state index in [9.17, 15) is 9.18 Å². The van der Waals surface area contributed by atoms with Crippen LogP contribution < -0.4 is 5.32 Å². The van der Waals surface area contributed by atoms with Crippen molar-refractivity contribution in [3.63, 3.8) is 0 Å². The summed E-state index contributed by atoms with van der Waals surface area (Å²) in [5.41, 5.74) is 2.00. The predicted molar refractivity (Wildman–Crippen MR) is 80.4 cm³/mol. The van der Waals surface area contributed by atoms with Crippen LogP contribution in [0, 0.1) is 12.7 Å². The Labute approximate surface area is 126 Å². The molecule has 2 aromatic heterocycles. The minimum absolute atomic E-state index is 0.335. The van der Waals surface area contributed by atoms with Crippen LogP contribution in [0.1, 0.15) is 16.1 Å². The maximum absolute atomic E-state index is 13.0. The standard InChI is InChI=1S/C16H13FN4O/c1-11-2-7-15(19-8-11)20-16(22)14-9-18-10-21(14)13-5-3-12(17)4-6-13/h2-10H,1H3,(H,19,20,22). The molecule has 1 N–H and O–H groups in total. The lowest BCUT2D eigenvalue weighted by Gasteiger charge is -2.08. The number of rotatable bonds is 3. The van der Waals surface area contributed by atoms with Crippen molar-refractivity contribution in [1.82, 2.24) is 14.5 Å². The number of carbonyl (C=O) groups excluding carboxylic acids is 1. The minimum atomic E-state index is -0.335. The summed E-state index contributed by atoms with van der Waals surface area (Å²) in [6, 6.07) is 9.42. The zero-order valence-corrected chi connectivity index (χ0v) is 11.8. The molecule has 3 rings (SSSR count). The van der Waals surface area contributed by atoms with Crippen molar-refractivity contribution >= 4 is 11.7 Å². The van der Waals surface area contributed by atoms with Gasteiger partial charge in [-0.25, -0.2) is 14.4 Å². The van der Waals surface area contributed by atoms with Crippen LogP contribution in [0.15, 0.2) is 55.1 Å². The molecule has 0 aliphatic rings. The van der Waals surface area contributed by atoms with Crippen molar-refractivity contribution in [3.05, 3.63) is 72.2 Å². The van der Waals surface area contributed by atoms with E-state index >= 15 is 0 Å². The second-order valence-corrected chi connectivity index (χ2v) is 4.80. The summed E-state index contributed by atoms with van der Waals surface area (Å²) < 4.78 is 14.6. The Morgan fingerprint density at radius 3 is 2.59 bits per heavy atom. The molecule has 5 nitrogen and oxygen atoms in total. The van der Waals surface area contributed by atoms with Gasteiger partial charge in [-0.15, -0.1) is 0 Å². The second-order valence-electron chi connectivity index (χ2n) is 4.80. The number of carbonyl (C=O) groups is 1. The summed E-state index contributed by atoms with van der Waals surface area (Å²) in [5.74, 6) is -0.209. The molecule has 0 unspecified atom stereocenters. The van der Waals surface area contributed by atoms with Gasteiger partial charge in [0, 0.05) is 11.9 Å². The highest BCUT2D eigenvalue weighted by molar-refractivity contribution is 6.02. The number of benzene rings is 1. The lowest BCUT2D eigenvalue weighted by Crippen LogP contribution is -2.16. The summed E-state index contributed by atoms with van der Waals surface area (Å²) >= 11 is 0. The summed E-state index contributed by atoms with van der Waals surface area (Å²) in [6.45, 7) is 1.92. The van der Waals surface area contributed by atoms with Gasteiger partial charge in [0.25, 0.3) is 5.91 Å². The number of imidazole rings is 1. The molecule has 0 fully saturated rings. The Hall–Kier alpha value is -3.02. The van der Waals surface area contributed by atoms with E-state index in [0.717, 1.165) is 5.56 Å². The summed E-state index contributed by atoms with van der Waals surface area (Å²) in [5, 5.41) is 2.71. The SMILES string of the molecule is Cc1ccc(NC(=O)c2cncn2-c2ccc(F)cc2)nc1. The molecule has 0 bridgehead atoms. The molecule has 0 spiro atoms. The maximum Gasteiger partial charge on any atom is 0.275 e. The van der Waals surface area contributed by atoms with Crippen LogP contribution in [0.3, 0.4) is 0 Å². The third-order valence-corrected chi connectivity index (χ3v) is 3.13. The number of halogens is 1. The van der Waals surface area contributed by atoms with Crippen molar-refractivity contribution in [2.75, 3.05) is 5.32 Å². The van der Waals surface area contributed by atoms with E-state index < -0.39 is 0 Å². The smallest absolute Gasteiger partial charge is 0.275 e. The molecule has 110 valence electrons. The van der Waals surface area contributed by atoms with Gasteiger partial charge in [0.1, 0.15) is 17.3 Å². The van der Waals surface area contributed by atoms with E-state index in [0.29, 0.717) is 17.2 Å². The first-order valence-electron chi connectivity index (χ1n) is 6.66. The third-order valence-electron chi connectivity index (χ3n) is 3.13. The topological polar surface area (TPSA) is 59.8 Å². The van der Waals surface area contributed by atoms with Crippen LogP contribution in [0.4, 0.5) is 10.2 Å². The molecule has 0 saturated carbocycles. The first-order valence-corrected chi connectivity index (χ1v) is 6.66. The number of nitrogens with zero attached hydrogens (tertiary/aromatic N) is 3. The Morgan fingerprint density at radius 2 is 1.91 bits per heavy atom. The minimum Gasteiger partial charge on any atom is -0.305 e. The molecule has 6 heteroatoms. The predicted octanol–water partition coefficient (Wildman–Crippen LogP) is 2.97.